The SMILES string of the molecule is O=C(c1cnc2ccccc2c1)N1CCO[C@@H](c2ccncc2)C1. The molecular weight excluding hydrogens is 302 g/mol. The van der Waals surface area contributed by atoms with E-state index in [0.717, 1.165) is 16.5 Å². The second-order valence-corrected chi connectivity index (χ2v) is 5.81. The van der Waals surface area contributed by atoms with E-state index in [0.29, 0.717) is 25.3 Å². The Morgan fingerprint density at radius 2 is 2.00 bits per heavy atom. The van der Waals surface area contributed by atoms with Crippen molar-refractivity contribution in [1.82, 2.24) is 14.9 Å². The first-order valence-electron chi connectivity index (χ1n) is 7.97. The van der Waals surface area contributed by atoms with Crippen molar-refractivity contribution in [2.24, 2.45) is 0 Å². The molecule has 5 nitrogen and oxygen atoms in total. The third kappa shape index (κ3) is 2.86. The number of ether oxygens (including phenoxy) is 1. The molecule has 1 aliphatic heterocycles. The lowest BCUT2D eigenvalue weighted by molar-refractivity contribution is -0.0228. The van der Waals surface area contributed by atoms with Crippen LogP contribution in [0.25, 0.3) is 10.9 Å². The molecule has 0 bridgehead atoms. The smallest absolute Gasteiger partial charge is 0.255 e. The average Bonchev–Trinajstić information content (AvgIpc) is 2.68. The molecule has 0 saturated carbocycles. The van der Waals surface area contributed by atoms with Crippen molar-refractivity contribution in [3.8, 4) is 0 Å². The van der Waals surface area contributed by atoms with Crippen LogP contribution in [0.4, 0.5) is 0 Å². The fourth-order valence-corrected chi connectivity index (χ4v) is 2.98. The Hall–Kier alpha value is -2.79. The van der Waals surface area contributed by atoms with E-state index in [2.05, 4.69) is 9.97 Å². The Bertz CT molecular complexity index is 867. The summed E-state index contributed by atoms with van der Waals surface area (Å²) in [5, 5.41) is 0.974. The molecule has 0 N–H and O–H groups in total. The van der Waals surface area contributed by atoms with Crippen molar-refractivity contribution in [1.29, 1.82) is 0 Å². The minimum absolute atomic E-state index is 0.00407. The van der Waals surface area contributed by atoms with Crippen molar-refractivity contribution >= 4 is 16.8 Å². The third-order valence-electron chi connectivity index (χ3n) is 4.27. The predicted octanol–water partition coefficient (Wildman–Crippen LogP) is 2.84. The summed E-state index contributed by atoms with van der Waals surface area (Å²) in [5.41, 5.74) is 2.55. The second-order valence-electron chi connectivity index (χ2n) is 5.81. The molecule has 4 rings (SSSR count). The van der Waals surface area contributed by atoms with Crippen molar-refractivity contribution in [3.63, 3.8) is 0 Å². The summed E-state index contributed by atoms with van der Waals surface area (Å²) in [4.78, 5) is 23.1. The van der Waals surface area contributed by atoms with Crippen LogP contribution in [0.15, 0.2) is 61.1 Å². The highest BCUT2D eigenvalue weighted by atomic mass is 16.5. The molecule has 1 aliphatic rings. The summed E-state index contributed by atoms with van der Waals surface area (Å²) >= 11 is 0. The van der Waals surface area contributed by atoms with Crippen molar-refractivity contribution < 1.29 is 9.53 Å². The molecule has 1 fully saturated rings. The Morgan fingerprint density at radius 3 is 2.88 bits per heavy atom. The summed E-state index contributed by atoms with van der Waals surface area (Å²) in [7, 11) is 0. The van der Waals surface area contributed by atoms with Gasteiger partial charge in [-0.2, -0.15) is 0 Å². The van der Waals surface area contributed by atoms with Crippen LogP contribution in [0.5, 0.6) is 0 Å². The highest BCUT2D eigenvalue weighted by Crippen LogP contribution is 2.23. The molecule has 0 unspecified atom stereocenters. The second kappa shape index (κ2) is 6.37. The average molecular weight is 319 g/mol. The van der Waals surface area contributed by atoms with E-state index in [4.69, 9.17) is 4.74 Å². The van der Waals surface area contributed by atoms with E-state index in [1.165, 1.54) is 0 Å². The van der Waals surface area contributed by atoms with E-state index in [1.807, 2.05) is 47.4 Å². The maximum Gasteiger partial charge on any atom is 0.255 e. The van der Waals surface area contributed by atoms with Crippen LogP contribution in [-0.4, -0.2) is 40.5 Å². The van der Waals surface area contributed by atoms with Gasteiger partial charge in [0.15, 0.2) is 0 Å². The zero-order valence-corrected chi connectivity index (χ0v) is 13.1. The number of amides is 1. The number of morpholine rings is 1. The lowest BCUT2D eigenvalue weighted by atomic mass is 10.1. The van der Waals surface area contributed by atoms with E-state index in [1.54, 1.807) is 18.6 Å². The molecule has 1 atom stereocenters. The van der Waals surface area contributed by atoms with Gasteiger partial charge in [-0.05, 0) is 29.8 Å². The molecule has 120 valence electrons. The fraction of sp³-hybridized carbons (Fsp3) is 0.211. The number of para-hydroxylation sites is 1. The van der Waals surface area contributed by atoms with E-state index in [9.17, 15) is 4.79 Å². The molecule has 0 spiro atoms. The maximum absolute atomic E-state index is 12.8. The number of benzene rings is 1. The van der Waals surface area contributed by atoms with Gasteiger partial charge in [-0.25, -0.2) is 0 Å². The predicted molar refractivity (Wildman–Crippen MR) is 90.6 cm³/mol. The van der Waals surface area contributed by atoms with Crippen LogP contribution in [0, 0.1) is 0 Å². The molecule has 24 heavy (non-hydrogen) atoms. The number of aromatic nitrogens is 2. The number of rotatable bonds is 2. The Balaban J connectivity index is 1.56. The van der Waals surface area contributed by atoms with Gasteiger partial charge in [0, 0.05) is 30.5 Å². The Labute approximate surface area is 139 Å². The van der Waals surface area contributed by atoms with Crippen LogP contribution in [0.3, 0.4) is 0 Å². The molecule has 0 radical (unpaired) electrons. The number of hydrogen-bond acceptors (Lipinski definition) is 4. The molecule has 1 aromatic carbocycles. The monoisotopic (exact) mass is 319 g/mol. The minimum atomic E-state index is -0.112. The number of hydrogen-bond donors (Lipinski definition) is 0. The summed E-state index contributed by atoms with van der Waals surface area (Å²) in [6, 6.07) is 13.6. The van der Waals surface area contributed by atoms with Crippen LogP contribution in [0.1, 0.15) is 22.0 Å². The Morgan fingerprint density at radius 1 is 1.17 bits per heavy atom. The van der Waals surface area contributed by atoms with E-state index < -0.39 is 0 Å². The van der Waals surface area contributed by atoms with E-state index >= 15 is 0 Å². The number of nitrogens with zero attached hydrogens (tertiary/aromatic N) is 3. The quantitative estimate of drug-likeness (QED) is 0.729. The van der Waals surface area contributed by atoms with Crippen LogP contribution < -0.4 is 0 Å². The third-order valence-corrected chi connectivity index (χ3v) is 4.27. The molecule has 3 aromatic rings. The highest BCUT2D eigenvalue weighted by molar-refractivity contribution is 5.97. The van der Waals surface area contributed by atoms with Gasteiger partial charge in [0.05, 0.1) is 24.2 Å². The summed E-state index contributed by atoms with van der Waals surface area (Å²) in [6.07, 6.45) is 5.03. The molecule has 5 heteroatoms. The van der Waals surface area contributed by atoms with Gasteiger partial charge in [0.1, 0.15) is 6.10 Å². The Kier molecular flexibility index (Phi) is 3.92. The zero-order chi connectivity index (χ0) is 16.4. The molecule has 0 aliphatic carbocycles. The summed E-state index contributed by atoms with van der Waals surface area (Å²) in [6.45, 7) is 1.66. The van der Waals surface area contributed by atoms with Crippen molar-refractivity contribution in [2.45, 2.75) is 6.10 Å². The van der Waals surface area contributed by atoms with Crippen LogP contribution in [-0.2, 0) is 4.74 Å². The lowest BCUT2D eigenvalue weighted by Crippen LogP contribution is -2.42. The van der Waals surface area contributed by atoms with Gasteiger partial charge in [-0.3, -0.25) is 14.8 Å². The topological polar surface area (TPSA) is 55.3 Å². The van der Waals surface area contributed by atoms with Gasteiger partial charge in [0.25, 0.3) is 5.91 Å². The normalized spacial score (nSPS) is 17.8. The van der Waals surface area contributed by atoms with Gasteiger partial charge < -0.3 is 9.64 Å². The van der Waals surface area contributed by atoms with Gasteiger partial charge in [-0.1, -0.05) is 18.2 Å². The minimum Gasteiger partial charge on any atom is -0.370 e. The lowest BCUT2D eigenvalue weighted by Gasteiger charge is -2.33. The van der Waals surface area contributed by atoms with E-state index in [-0.39, 0.29) is 12.0 Å². The van der Waals surface area contributed by atoms with Gasteiger partial charge >= 0.3 is 0 Å². The number of pyridine rings is 2. The summed E-state index contributed by atoms with van der Waals surface area (Å²) < 4.78 is 5.81. The van der Waals surface area contributed by atoms with Gasteiger partial charge in [-0.15, -0.1) is 0 Å². The molecular formula is C19H17N3O2. The van der Waals surface area contributed by atoms with Crippen molar-refractivity contribution in [2.75, 3.05) is 19.7 Å². The molecule has 1 amide bonds. The first kappa shape index (κ1) is 14.8. The highest BCUT2D eigenvalue weighted by Gasteiger charge is 2.26. The zero-order valence-electron chi connectivity index (χ0n) is 13.1. The fourth-order valence-electron chi connectivity index (χ4n) is 2.98. The standard InChI is InChI=1S/C19H17N3O2/c23-19(16-11-15-3-1-2-4-17(15)21-12-16)22-9-10-24-18(13-22)14-5-7-20-8-6-14/h1-8,11-12,18H,9-10,13H2/t18-/m1/s1. The maximum atomic E-state index is 12.8. The van der Waals surface area contributed by atoms with Crippen LogP contribution in [0.2, 0.25) is 0 Å². The first-order chi connectivity index (χ1) is 11.8. The largest absolute Gasteiger partial charge is 0.370 e. The molecule has 2 aromatic heterocycles. The molecule has 3 heterocycles. The van der Waals surface area contributed by atoms with Crippen molar-refractivity contribution in [3.05, 3.63) is 72.2 Å². The van der Waals surface area contributed by atoms with Gasteiger partial charge in [0.2, 0.25) is 0 Å². The van der Waals surface area contributed by atoms with Crippen LogP contribution >= 0.6 is 0 Å². The first-order valence-corrected chi connectivity index (χ1v) is 7.97. The number of fused-ring (bicyclic) bond motifs is 1. The number of carbonyl (C=O) groups is 1. The summed E-state index contributed by atoms with van der Waals surface area (Å²) in [5.74, 6) is -0.00407. The number of carbonyl (C=O) groups excluding carboxylic acids is 1. The molecule has 1 saturated heterocycles.